The molecule has 0 spiro atoms. The van der Waals surface area contributed by atoms with Gasteiger partial charge in [-0.2, -0.15) is 0 Å². The predicted molar refractivity (Wildman–Crippen MR) is 90.6 cm³/mol. The second kappa shape index (κ2) is 8.11. The lowest BCUT2D eigenvalue weighted by Gasteiger charge is -2.08. The van der Waals surface area contributed by atoms with Crippen molar-refractivity contribution in [2.24, 2.45) is 0 Å². The van der Waals surface area contributed by atoms with Crippen molar-refractivity contribution in [3.8, 4) is 0 Å². The van der Waals surface area contributed by atoms with Gasteiger partial charge in [-0.1, -0.05) is 54.1 Å². The van der Waals surface area contributed by atoms with Gasteiger partial charge in [0.25, 0.3) is 0 Å². The number of halogens is 1. The number of carbonyl (C=O) groups excluding carboxylic acids is 1. The van der Waals surface area contributed by atoms with Gasteiger partial charge < -0.3 is 5.32 Å². The maximum atomic E-state index is 11.8. The van der Waals surface area contributed by atoms with Crippen LogP contribution in [0.3, 0.4) is 0 Å². The molecule has 0 bridgehead atoms. The average molecular weight is 320 g/mol. The SMILES string of the molecule is Cc1ccccc1CSCC(=O)NCc1ccccc1Cl. The van der Waals surface area contributed by atoms with Gasteiger partial charge >= 0.3 is 0 Å². The Kier molecular flexibility index (Phi) is 6.15. The van der Waals surface area contributed by atoms with Gasteiger partial charge in [0, 0.05) is 17.3 Å². The Morgan fingerprint density at radius 2 is 1.76 bits per heavy atom. The lowest BCUT2D eigenvalue weighted by atomic mass is 10.1. The van der Waals surface area contributed by atoms with Gasteiger partial charge in [-0.3, -0.25) is 4.79 Å². The van der Waals surface area contributed by atoms with E-state index in [-0.39, 0.29) is 5.91 Å². The topological polar surface area (TPSA) is 29.1 Å². The van der Waals surface area contributed by atoms with E-state index in [4.69, 9.17) is 11.6 Å². The number of carbonyl (C=O) groups is 1. The lowest BCUT2D eigenvalue weighted by Crippen LogP contribution is -2.24. The van der Waals surface area contributed by atoms with Crippen molar-refractivity contribution in [1.82, 2.24) is 5.32 Å². The van der Waals surface area contributed by atoms with Crippen LogP contribution in [0.25, 0.3) is 0 Å². The molecule has 1 N–H and O–H groups in total. The van der Waals surface area contributed by atoms with Gasteiger partial charge in [0.05, 0.1) is 5.75 Å². The van der Waals surface area contributed by atoms with E-state index in [0.717, 1.165) is 11.3 Å². The average Bonchev–Trinajstić information content (AvgIpc) is 2.48. The molecule has 0 aliphatic carbocycles. The number of rotatable bonds is 6. The molecule has 0 aliphatic rings. The Balaban J connectivity index is 1.73. The predicted octanol–water partition coefficient (Wildman–Crippen LogP) is 4.20. The molecule has 0 unspecified atom stereocenters. The summed E-state index contributed by atoms with van der Waals surface area (Å²) in [6.45, 7) is 2.57. The van der Waals surface area contributed by atoms with Crippen LogP contribution in [0.4, 0.5) is 0 Å². The molecule has 110 valence electrons. The summed E-state index contributed by atoms with van der Waals surface area (Å²) in [7, 11) is 0. The summed E-state index contributed by atoms with van der Waals surface area (Å²) in [5.41, 5.74) is 3.49. The first-order valence-electron chi connectivity index (χ1n) is 6.79. The van der Waals surface area contributed by atoms with Crippen LogP contribution in [-0.2, 0) is 17.1 Å². The first-order chi connectivity index (χ1) is 10.2. The number of nitrogens with one attached hydrogen (secondary N) is 1. The zero-order valence-corrected chi connectivity index (χ0v) is 13.5. The molecule has 2 aromatic carbocycles. The highest BCUT2D eigenvalue weighted by atomic mass is 35.5. The quantitative estimate of drug-likeness (QED) is 0.864. The Bertz CT molecular complexity index is 615. The molecule has 1 amide bonds. The van der Waals surface area contributed by atoms with Crippen molar-refractivity contribution >= 4 is 29.3 Å². The number of hydrogen-bond donors (Lipinski definition) is 1. The smallest absolute Gasteiger partial charge is 0.230 e. The van der Waals surface area contributed by atoms with Crippen molar-refractivity contribution in [3.63, 3.8) is 0 Å². The normalized spacial score (nSPS) is 10.4. The third-order valence-corrected chi connectivity index (χ3v) is 4.54. The van der Waals surface area contributed by atoms with E-state index >= 15 is 0 Å². The summed E-state index contributed by atoms with van der Waals surface area (Å²) in [6, 6.07) is 15.8. The third-order valence-electron chi connectivity index (χ3n) is 3.19. The zero-order valence-electron chi connectivity index (χ0n) is 11.9. The fourth-order valence-electron chi connectivity index (χ4n) is 1.91. The monoisotopic (exact) mass is 319 g/mol. The van der Waals surface area contributed by atoms with E-state index in [2.05, 4.69) is 24.4 Å². The fourth-order valence-corrected chi connectivity index (χ4v) is 3.05. The van der Waals surface area contributed by atoms with Gasteiger partial charge in [-0.25, -0.2) is 0 Å². The molecule has 2 rings (SSSR count). The summed E-state index contributed by atoms with van der Waals surface area (Å²) in [5, 5.41) is 3.58. The molecular formula is C17H18ClNOS. The van der Waals surface area contributed by atoms with Crippen LogP contribution in [0.2, 0.25) is 5.02 Å². The van der Waals surface area contributed by atoms with Crippen LogP contribution in [0, 0.1) is 6.92 Å². The number of benzene rings is 2. The lowest BCUT2D eigenvalue weighted by molar-refractivity contribution is -0.118. The minimum absolute atomic E-state index is 0.0357. The molecule has 0 saturated carbocycles. The molecule has 0 heterocycles. The van der Waals surface area contributed by atoms with Crippen LogP contribution < -0.4 is 5.32 Å². The highest BCUT2D eigenvalue weighted by Gasteiger charge is 2.05. The Morgan fingerprint density at radius 3 is 2.48 bits per heavy atom. The molecule has 4 heteroatoms. The zero-order chi connectivity index (χ0) is 15.1. The molecule has 0 fully saturated rings. The number of thioether (sulfide) groups is 1. The molecule has 0 aliphatic heterocycles. The summed E-state index contributed by atoms with van der Waals surface area (Å²) in [5.74, 6) is 1.35. The van der Waals surface area contributed by atoms with E-state index in [1.807, 2.05) is 36.4 Å². The van der Waals surface area contributed by atoms with Crippen molar-refractivity contribution in [2.45, 2.75) is 19.2 Å². The van der Waals surface area contributed by atoms with E-state index in [0.29, 0.717) is 17.3 Å². The van der Waals surface area contributed by atoms with Crippen molar-refractivity contribution < 1.29 is 4.79 Å². The summed E-state index contributed by atoms with van der Waals surface area (Å²) >= 11 is 7.68. The van der Waals surface area contributed by atoms with Crippen molar-refractivity contribution in [2.75, 3.05) is 5.75 Å². The van der Waals surface area contributed by atoms with Gasteiger partial charge in [0.15, 0.2) is 0 Å². The first kappa shape index (κ1) is 15.9. The highest BCUT2D eigenvalue weighted by molar-refractivity contribution is 7.99. The maximum Gasteiger partial charge on any atom is 0.230 e. The molecule has 0 atom stereocenters. The summed E-state index contributed by atoms with van der Waals surface area (Å²) < 4.78 is 0. The Hall–Kier alpha value is -1.45. The van der Waals surface area contributed by atoms with Crippen LogP contribution in [0.5, 0.6) is 0 Å². The number of amides is 1. The summed E-state index contributed by atoms with van der Waals surface area (Å²) in [4.78, 5) is 11.8. The molecule has 0 radical (unpaired) electrons. The standard InChI is InChI=1S/C17H18ClNOS/c1-13-6-2-3-8-15(13)11-21-12-17(20)19-10-14-7-4-5-9-16(14)18/h2-9H,10-12H2,1H3,(H,19,20). The van der Waals surface area contributed by atoms with Crippen molar-refractivity contribution in [1.29, 1.82) is 0 Å². The molecule has 0 saturated heterocycles. The van der Waals surface area contributed by atoms with Gasteiger partial charge in [-0.05, 0) is 29.7 Å². The van der Waals surface area contributed by atoms with Crippen LogP contribution in [0.15, 0.2) is 48.5 Å². The third kappa shape index (κ3) is 5.10. The molecule has 0 aromatic heterocycles. The fraction of sp³-hybridized carbons (Fsp3) is 0.235. The maximum absolute atomic E-state index is 11.8. The first-order valence-corrected chi connectivity index (χ1v) is 8.32. The minimum atomic E-state index is 0.0357. The van der Waals surface area contributed by atoms with Crippen LogP contribution in [-0.4, -0.2) is 11.7 Å². The second-order valence-electron chi connectivity index (χ2n) is 4.79. The van der Waals surface area contributed by atoms with Crippen LogP contribution in [0.1, 0.15) is 16.7 Å². The van der Waals surface area contributed by atoms with E-state index in [1.165, 1.54) is 11.1 Å². The van der Waals surface area contributed by atoms with Crippen molar-refractivity contribution in [3.05, 3.63) is 70.2 Å². The van der Waals surface area contributed by atoms with Gasteiger partial charge in [0.1, 0.15) is 0 Å². The Morgan fingerprint density at radius 1 is 1.10 bits per heavy atom. The second-order valence-corrected chi connectivity index (χ2v) is 6.18. The van der Waals surface area contributed by atoms with Gasteiger partial charge in [-0.15, -0.1) is 11.8 Å². The van der Waals surface area contributed by atoms with E-state index in [1.54, 1.807) is 11.8 Å². The highest BCUT2D eigenvalue weighted by Crippen LogP contribution is 2.16. The number of hydrogen-bond acceptors (Lipinski definition) is 2. The van der Waals surface area contributed by atoms with E-state index < -0.39 is 0 Å². The van der Waals surface area contributed by atoms with Gasteiger partial charge in [0.2, 0.25) is 5.91 Å². The molecule has 2 aromatic rings. The molecule has 2 nitrogen and oxygen atoms in total. The Labute approximate surface area is 134 Å². The minimum Gasteiger partial charge on any atom is -0.351 e. The number of aryl methyl sites for hydroxylation is 1. The largest absolute Gasteiger partial charge is 0.351 e. The molecular weight excluding hydrogens is 302 g/mol. The van der Waals surface area contributed by atoms with E-state index in [9.17, 15) is 4.79 Å². The molecule has 21 heavy (non-hydrogen) atoms. The van der Waals surface area contributed by atoms with Crippen LogP contribution >= 0.6 is 23.4 Å². The summed E-state index contributed by atoms with van der Waals surface area (Å²) in [6.07, 6.45) is 0.